The van der Waals surface area contributed by atoms with Gasteiger partial charge < -0.3 is 10.3 Å². The lowest BCUT2D eigenvalue weighted by Crippen LogP contribution is -2.31. The minimum Gasteiger partial charge on any atom is -0.367 e. The van der Waals surface area contributed by atoms with Gasteiger partial charge >= 0.3 is 0 Å². The van der Waals surface area contributed by atoms with E-state index in [2.05, 4.69) is 15.3 Å². The zero-order valence-corrected chi connectivity index (χ0v) is 10.5. The molecule has 0 atom stereocenters. The van der Waals surface area contributed by atoms with Crippen LogP contribution in [0.3, 0.4) is 0 Å². The van der Waals surface area contributed by atoms with Gasteiger partial charge in [-0.05, 0) is 23.8 Å². The highest BCUT2D eigenvalue weighted by atomic mass is 16.2. The van der Waals surface area contributed by atoms with Gasteiger partial charge in [-0.2, -0.15) is 0 Å². The maximum Gasteiger partial charge on any atom is 0.270 e. The number of carbonyl (C=O) groups excluding carboxylic acids is 1. The molecule has 6 heteroatoms. The minimum atomic E-state index is -0.429. The molecular formula is C14H12N4O2. The number of aromatic nitrogens is 3. The van der Waals surface area contributed by atoms with Crippen LogP contribution in [0.15, 0.2) is 53.8 Å². The van der Waals surface area contributed by atoms with Crippen LogP contribution in [0.1, 0.15) is 15.9 Å². The Kier molecular flexibility index (Phi) is 3.04. The Hall–Kier alpha value is -2.89. The molecule has 0 spiro atoms. The van der Waals surface area contributed by atoms with E-state index in [-0.39, 0.29) is 11.1 Å². The van der Waals surface area contributed by atoms with Crippen molar-refractivity contribution >= 4 is 11.6 Å². The van der Waals surface area contributed by atoms with Crippen molar-refractivity contribution in [3.8, 4) is 0 Å². The molecule has 2 N–H and O–H groups in total. The predicted octanol–water partition coefficient (Wildman–Crippen LogP) is 0.953. The topological polar surface area (TPSA) is 79.3 Å². The number of aromatic amines is 1. The van der Waals surface area contributed by atoms with Crippen LogP contribution in [0.2, 0.25) is 0 Å². The molecule has 0 radical (unpaired) electrons. The Bertz CT molecular complexity index is 805. The molecule has 3 heterocycles. The quantitative estimate of drug-likeness (QED) is 0.742. The molecule has 100 valence electrons. The second kappa shape index (κ2) is 5.00. The average molecular weight is 268 g/mol. The second-order valence-electron chi connectivity index (χ2n) is 4.31. The van der Waals surface area contributed by atoms with Gasteiger partial charge in [-0.25, -0.2) is 4.98 Å². The smallest absolute Gasteiger partial charge is 0.270 e. The van der Waals surface area contributed by atoms with Crippen LogP contribution < -0.4 is 10.9 Å². The molecule has 20 heavy (non-hydrogen) atoms. The van der Waals surface area contributed by atoms with E-state index in [1.54, 1.807) is 36.8 Å². The monoisotopic (exact) mass is 268 g/mol. The Morgan fingerprint density at radius 1 is 1.35 bits per heavy atom. The van der Waals surface area contributed by atoms with Crippen molar-refractivity contribution in [1.82, 2.24) is 19.7 Å². The highest BCUT2D eigenvalue weighted by Crippen LogP contribution is 1.99. The predicted molar refractivity (Wildman–Crippen MR) is 73.4 cm³/mol. The van der Waals surface area contributed by atoms with Crippen molar-refractivity contribution in [3.63, 3.8) is 0 Å². The van der Waals surface area contributed by atoms with Crippen LogP contribution in [0, 0.1) is 0 Å². The molecule has 0 fully saturated rings. The zero-order chi connectivity index (χ0) is 13.9. The van der Waals surface area contributed by atoms with Crippen molar-refractivity contribution < 1.29 is 4.79 Å². The molecule has 0 aliphatic heterocycles. The van der Waals surface area contributed by atoms with Gasteiger partial charge in [-0.15, -0.1) is 0 Å². The Labute approximate surface area is 114 Å². The number of hydrogen-bond donors (Lipinski definition) is 2. The molecule has 0 aliphatic carbocycles. The molecule has 6 nitrogen and oxygen atoms in total. The first kappa shape index (κ1) is 12.2. The number of hydrogen-bond acceptors (Lipinski definition) is 3. The molecule has 0 saturated carbocycles. The van der Waals surface area contributed by atoms with E-state index >= 15 is 0 Å². The summed E-state index contributed by atoms with van der Waals surface area (Å²) in [6, 6.07) is 7.07. The average Bonchev–Trinajstić information content (AvgIpc) is 2.99. The molecule has 3 rings (SSSR count). The van der Waals surface area contributed by atoms with E-state index < -0.39 is 5.91 Å². The Balaban J connectivity index is 1.88. The molecule has 0 aromatic carbocycles. The van der Waals surface area contributed by atoms with E-state index in [1.165, 1.54) is 10.6 Å². The molecule has 0 saturated heterocycles. The van der Waals surface area contributed by atoms with Crippen molar-refractivity contribution in [2.75, 3.05) is 0 Å². The number of pyridine rings is 1. The van der Waals surface area contributed by atoms with Gasteiger partial charge in [0.25, 0.3) is 11.5 Å². The number of rotatable bonds is 3. The zero-order valence-electron chi connectivity index (χ0n) is 10.5. The maximum atomic E-state index is 12.2. The SMILES string of the molecule is O=C(NCc1cc[nH]c1)c1cnc2ccccn2c1=O. The summed E-state index contributed by atoms with van der Waals surface area (Å²) in [6.07, 6.45) is 6.46. The Morgan fingerprint density at radius 2 is 2.25 bits per heavy atom. The first-order chi connectivity index (χ1) is 9.75. The summed E-state index contributed by atoms with van der Waals surface area (Å²) in [5.41, 5.74) is 1.11. The number of fused-ring (bicyclic) bond motifs is 1. The van der Waals surface area contributed by atoms with Gasteiger partial charge in [0.2, 0.25) is 0 Å². The lowest BCUT2D eigenvalue weighted by molar-refractivity contribution is 0.0949. The van der Waals surface area contributed by atoms with Gasteiger partial charge in [0.05, 0.1) is 0 Å². The van der Waals surface area contributed by atoms with Crippen LogP contribution in [0.25, 0.3) is 5.65 Å². The standard InChI is InChI=1S/C14H12N4O2/c19-13(17-8-10-4-5-15-7-10)11-9-16-12-3-1-2-6-18(12)14(11)20/h1-7,9,15H,8H2,(H,17,19). The summed E-state index contributed by atoms with van der Waals surface area (Å²) in [5, 5.41) is 2.69. The lowest BCUT2D eigenvalue weighted by Gasteiger charge is -2.05. The van der Waals surface area contributed by atoms with Crippen LogP contribution in [0.4, 0.5) is 0 Å². The number of amides is 1. The van der Waals surface area contributed by atoms with E-state index in [0.29, 0.717) is 12.2 Å². The summed E-state index contributed by atoms with van der Waals surface area (Å²) in [6.45, 7) is 0.360. The molecule has 0 bridgehead atoms. The summed E-state index contributed by atoms with van der Waals surface area (Å²) in [5.74, 6) is -0.429. The Morgan fingerprint density at radius 3 is 3.05 bits per heavy atom. The van der Waals surface area contributed by atoms with Crippen molar-refractivity contribution in [1.29, 1.82) is 0 Å². The third-order valence-corrected chi connectivity index (χ3v) is 2.97. The van der Waals surface area contributed by atoms with E-state index in [4.69, 9.17) is 0 Å². The van der Waals surface area contributed by atoms with E-state index in [0.717, 1.165) is 5.56 Å². The fraction of sp³-hybridized carbons (Fsp3) is 0.0714. The molecule has 3 aromatic heterocycles. The maximum absolute atomic E-state index is 12.2. The lowest BCUT2D eigenvalue weighted by atomic mass is 10.3. The molecule has 0 aliphatic rings. The molecule has 0 unspecified atom stereocenters. The van der Waals surface area contributed by atoms with Crippen molar-refractivity contribution in [3.05, 3.63) is 70.5 Å². The van der Waals surface area contributed by atoms with Gasteiger partial charge in [-0.3, -0.25) is 14.0 Å². The largest absolute Gasteiger partial charge is 0.367 e. The van der Waals surface area contributed by atoms with Crippen molar-refractivity contribution in [2.24, 2.45) is 0 Å². The van der Waals surface area contributed by atoms with Crippen LogP contribution in [-0.4, -0.2) is 20.3 Å². The molecular weight excluding hydrogens is 256 g/mol. The summed E-state index contributed by atoms with van der Waals surface area (Å²) < 4.78 is 1.35. The van der Waals surface area contributed by atoms with Gasteiger partial charge in [0, 0.05) is 31.3 Å². The van der Waals surface area contributed by atoms with Crippen LogP contribution in [0.5, 0.6) is 0 Å². The number of H-pyrrole nitrogens is 1. The van der Waals surface area contributed by atoms with Crippen molar-refractivity contribution in [2.45, 2.75) is 6.54 Å². The van der Waals surface area contributed by atoms with E-state index in [9.17, 15) is 9.59 Å². The van der Waals surface area contributed by atoms with Gasteiger partial charge in [0.1, 0.15) is 11.2 Å². The summed E-state index contributed by atoms with van der Waals surface area (Å²) >= 11 is 0. The van der Waals surface area contributed by atoms with E-state index in [1.807, 2.05) is 6.07 Å². The first-order valence-electron chi connectivity index (χ1n) is 6.12. The second-order valence-corrected chi connectivity index (χ2v) is 4.31. The highest BCUT2D eigenvalue weighted by molar-refractivity contribution is 5.93. The summed E-state index contributed by atoms with van der Waals surface area (Å²) in [7, 11) is 0. The summed E-state index contributed by atoms with van der Waals surface area (Å²) in [4.78, 5) is 31.2. The third-order valence-electron chi connectivity index (χ3n) is 2.97. The van der Waals surface area contributed by atoms with Crippen LogP contribution in [-0.2, 0) is 6.54 Å². The fourth-order valence-corrected chi connectivity index (χ4v) is 1.93. The van der Waals surface area contributed by atoms with Gasteiger partial charge in [0.15, 0.2) is 0 Å². The van der Waals surface area contributed by atoms with Gasteiger partial charge in [-0.1, -0.05) is 6.07 Å². The fourth-order valence-electron chi connectivity index (χ4n) is 1.93. The number of carbonyl (C=O) groups is 1. The van der Waals surface area contributed by atoms with Crippen LogP contribution >= 0.6 is 0 Å². The number of nitrogens with zero attached hydrogens (tertiary/aromatic N) is 2. The number of nitrogens with one attached hydrogen (secondary N) is 2. The normalized spacial score (nSPS) is 10.6. The molecule has 3 aromatic rings. The highest BCUT2D eigenvalue weighted by Gasteiger charge is 2.12. The minimum absolute atomic E-state index is 0.0317. The third kappa shape index (κ3) is 2.18. The molecule has 1 amide bonds. The first-order valence-corrected chi connectivity index (χ1v) is 6.12.